The average molecular weight is 360 g/mol. The van der Waals surface area contributed by atoms with Crippen LogP contribution in [0.2, 0.25) is 0 Å². The Labute approximate surface area is 144 Å². The molecule has 2 aromatic rings. The summed E-state index contributed by atoms with van der Waals surface area (Å²) in [4.78, 5) is 11.8. The molecule has 0 saturated carbocycles. The molecule has 2 rings (SSSR count). The lowest BCUT2D eigenvalue weighted by Crippen LogP contribution is -2.49. The molecule has 0 heterocycles. The number of benzene rings is 2. The van der Waals surface area contributed by atoms with E-state index in [1.165, 1.54) is 0 Å². The molecule has 1 atom stereocenters. The van der Waals surface area contributed by atoms with Gasteiger partial charge in [0, 0.05) is 12.1 Å². The van der Waals surface area contributed by atoms with Crippen LogP contribution < -0.4 is 10.6 Å². The minimum absolute atomic E-state index is 0.160. The maximum Gasteiger partial charge on any atom is 0.228 e. The molecular formula is C16H17Cl3N2O. The molecule has 0 fully saturated rings. The second-order valence-corrected chi connectivity index (χ2v) is 7.37. The fourth-order valence-electron chi connectivity index (χ4n) is 2.11. The molecule has 2 aromatic carbocycles. The van der Waals surface area contributed by atoms with Crippen LogP contribution in [0.3, 0.4) is 0 Å². The Bertz CT molecular complexity index is 655. The maximum atomic E-state index is 11.8. The quantitative estimate of drug-likeness (QED) is 0.591. The van der Waals surface area contributed by atoms with E-state index >= 15 is 0 Å². The second kappa shape index (κ2) is 7.40. The third-order valence-electron chi connectivity index (χ3n) is 3.17. The Morgan fingerprint density at radius 2 is 1.82 bits per heavy atom. The van der Waals surface area contributed by atoms with E-state index in [-0.39, 0.29) is 5.91 Å². The van der Waals surface area contributed by atoms with Crippen molar-refractivity contribution in [1.82, 2.24) is 5.32 Å². The number of alkyl halides is 3. The van der Waals surface area contributed by atoms with Gasteiger partial charge in [0.05, 0.1) is 0 Å². The maximum absolute atomic E-state index is 11.8. The van der Waals surface area contributed by atoms with Gasteiger partial charge >= 0.3 is 0 Å². The van der Waals surface area contributed by atoms with Gasteiger partial charge in [-0.25, -0.2) is 0 Å². The molecule has 0 aliphatic rings. The highest BCUT2D eigenvalue weighted by Gasteiger charge is 2.33. The Morgan fingerprint density at radius 1 is 1.14 bits per heavy atom. The van der Waals surface area contributed by atoms with Gasteiger partial charge in [-0.3, -0.25) is 4.79 Å². The van der Waals surface area contributed by atoms with Crippen molar-refractivity contribution in [3.63, 3.8) is 0 Å². The minimum Gasteiger partial charge on any atom is -0.362 e. The Kier molecular flexibility index (Phi) is 5.79. The van der Waals surface area contributed by atoms with Gasteiger partial charge in [0.1, 0.15) is 6.17 Å². The summed E-state index contributed by atoms with van der Waals surface area (Å²) in [5.41, 5.74) is 0.770. The smallest absolute Gasteiger partial charge is 0.228 e. The average Bonchev–Trinajstić information content (AvgIpc) is 2.46. The first-order valence-electron chi connectivity index (χ1n) is 7.01. The summed E-state index contributed by atoms with van der Waals surface area (Å²) in [7, 11) is 0. The van der Waals surface area contributed by atoms with Crippen molar-refractivity contribution in [2.45, 2.75) is 29.7 Å². The van der Waals surface area contributed by atoms with Crippen molar-refractivity contribution in [2.24, 2.45) is 0 Å². The number of hydrogen-bond donors (Lipinski definition) is 2. The number of rotatable bonds is 5. The summed E-state index contributed by atoms with van der Waals surface area (Å²) in [6.45, 7) is 1.92. The van der Waals surface area contributed by atoms with Crippen molar-refractivity contribution in [3.8, 4) is 0 Å². The van der Waals surface area contributed by atoms with Crippen molar-refractivity contribution in [2.75, 3.05) is 5.32 Å². The number of amides is 1. The normalized spacial score (nSPS) is 12.9. The predicted molar refractivity (Wildman–Crippen MR) is 94.7 cm³/mol. The SMILES string of the molecule is CCCC(=O)N[C@H](Nc1ccc2ccccc2c1)C(Cl)(Cl)Cl. The van der Waals surface area contributed by atoms with Gasteiger partial charge < -0.3 is 10.6 Å². The first-order chi connectivity index (χ1) is 10.4. The number of carbonyl (C=O) groups excluding carboxylic acids is 1. The van der Waals surface area contributed by atoms with Crippen LogP contribution in [0.15, 0.2) is 42.5 Å². The fourth-order valence-corrected chi connectivity index (χ4v) is 2.43. The lowest BCUT2D eigenvalue weighted by molar-refractivity contribution is -0.121. The Balaban J connectivity index is 2.19. The van der Waals surface area contributed by atoms with Crippen LogP contribution in [-0.4, -0.2) is 15.9 Å². The lowest BCUT2D eigenvalue weighted by Gasteiger charge is -2.27. The van der Waals surface area contributed by atoms with Gasteiger partial charge in [-0.15, -0.1) is 0 Å². The van der Waals surface area contributed by atoms with Gasteiger partial charge in [0.15, 0.2) is 0 Å². The summed E-state index contributed by atoms with van der Waals surface area (Å²) in [5, 5.41) is 7.97. The molecule has 2 N–H and O–H groups in total. The van der Waals surface area contributed by atoms with E-state index < -0.39 is 9.96 Å². The first kappa shape index (κ1) is 17.2. The van der Waals surface area contributed by atoms with E-state index in [0.29, 0.717) is 6.42 Å². The zero-order valence-electron chi connectivity index (χ0n) is 12.1. The predicted octanol–water partition coefficient (Wildman–Crippen LogP) is 4.86. The molecule has 22 heavy (non-hydrogen) atoms. The van der Waals surface area contributed by atoms with E-state index in [2.05, 4.69) is 10.6 Å². The molecule has 0 bridgehead atoms. The van der Waals surface area contributed by atoms with Crippen molar-refractivity contribution < 1.29 is 4.79 Å². The molecule has 0 saturated heterocycles. The third-order valence-corrected chi connectivity index (χ3v) is 3.82. The largest absolute Gasteiger partial charge is 0.362 e. The molecule has 0 spiro atoms. The molecule has 0 radical (unpaired) electrons. The lowest BCUT2D eigenvalue weighted by atomic mass is 10.1. The number of carbonyl (C=O) groups is 1. The van der Waals surface area contributed by atoms with Gasteiger partial charge in [0.25, 0.3) is 0 Å². The van der Waals surface area contributed by atoms with Gasteiger partial charge in [-0.2, -0.15) is 0 Å². The van der Waals surface area contributed by atoms with Crippen LogP contribution in [0.4, 0.5) is 5.69 Å². The van der Waals surface area contributed by atoms with Crippen molar-refractivity contribution >= 4 is 57.2 Å². The molecule has 0 aliphatic heterocycles. The zero-order valence-corrected chi connectivity index (χ0v) is 14.3. The van der Waals surface area contributed by atoms with E-state index in [1.54, 1.807) is 0 Å². The fraction of sp³-hybridized carbons (Fsp3) is 0.312. The standard InChI is InChI=1S/C16H17Cl3N2O/c1-2-5-14(22)21-15(16(17,18)19)20-13-9-8-11-6-3-4-7-12(11)10-13/h3-4,6-10,15,20H,2,5H2,1H3,(H,21,22)/t15-/m0/s1. The number of hydrogen-bond acceptors (Lipinski definition) is 2. The van der Waals surface area contributed by atoms with Crippen molar-refractivity contribution in [3.05, 3.63) is 42.5 Å². The third kappa shape index (κ3) is 4.67. The number of halogens is 3. The second-order valence-electron chi connectivity index (χ2n) is 5.00. The summed E-state index contributed by atoms with van der Waals surface area (Å²) in [6, 6.07) is 13.8. The highest BCUT2D eigenvalue weighted by Crippen LogP contribution is 2.31. The van der Waals surface area contributed by atoms with E-state index in [9.17, 15) is 4.79 Å². The van der Waals surface area contributed by atoms with E-state index in [4.69, 9.17) is 34.8 Å². The summed E-state index contributed by atoms with van der Waals surface area (Å²) in [6.07, 6.45) is 0.308. The Morgan fingerprint density at radius 3 is 2.45 bits per heavy atom. The highest BCUT2D eigenvalue weighted by molar-refractivity contribution is 6.68. The molecule has 3 nitrogen and oxygen atoms in total. The number of nitrogens with one attached hydrogen (secondary N) is 2. The van der Waals surface area contributed by atoms with Gasteiger partial charge in [0.2, 0.25) is 9.70 Å². The first-order valence-corrected chi connectivity index (χ1v) is 8.15. The molecule has 1 amide bonds. The minimum atomic E-state index is -1.66. The van der Waals surface area contributed by atoms with Crippen LogP contribution in [0.5, 0.6) is 0 Å². The van der Waals surface area contributed by atoms with E-state index in [1.807, 2.05) is 49.4 Å². The number of fused-ring (bicyclic) bond motifs is 1. The van der Waals surface area contributed by atoms with Crippen molar-refractivity contribution in [1.29, 1.82) is 0 Å². The summed E-state index contributed by atoms with van der Waals surface area (Å²) in [5.74, 6) is -0.160. The topological polar surface area (TPSA) is 41.1 Å². The van der Waals surface area contributed by atoms with Crippen LogP contribution in [0.25, 0.3) is 10.8 Å². The summed E-state index contributed by atoms with van der Waals surface area (Å²) < 4.78 is -1.66. The monoisotopic (exact) mass is 358 g/mol. The van der Waals surface area contributed by atoms with Crippen LogP contribution in [0.1, 0.15) is 19.8 Å². The van der Waals surface area contributed by atoms with Crippen LogP contribution in [0, 0.1) is 0 Å². The zero-order chi connectivity index (χ0) is 16.2. The molecule has 0 unspecified atom stereocenters. The number of anilines is 1. The van der Waals surface area contributed by atoms with Crippen LogP contribution in [-0.2, 0) is 4.79 Å². The summed E-state index contributed by atoms with van der Waals surface area (Å²) >= 11 is 17.9. The Hall–Kier alpha value is -1.16. The molecule has 6 heteroatoms. The van der Waals surface area contributed by atoms with Crippen LogP contribution >= 0.6 is 34.8 Å². The molecule has 0 aromatic heterocycles. The molecule has 118 valence electrons. The molecular weight excluding hydrogens is 343 g/mol. The highest BCUT2D eigenvalue weighted by atomic mass is 35.6. The molecule has 0 aliphatic carbocycles. The van der Waals surface area contributed by atoms with Gasteiger partial charge in [-0.05, 0) is 29.3 Å². The van der Waals surface area contributed by atoms with Gasteiger partial charge in [-0.1, -0.05) is 72.1 Å². The van der Waals surface area contributed by atoms with E-state index in [0.717, 1.165) is 22.9 Å².